The molecule has 4 heterocycles. The van der Waals surface area contributed by atoms with Crippen LogP contribution >= 0.6 is 0 Å². The van der Waals surface area contributed by atoms with Gasteiger partial charge in [0.05, 0.1) is 6.42 Å². The van der Waals surface area contributed by atoms with Gasteiger partial charge in [0.2, 0.25) is 24.6 Å². The molecule has 1 atom stereocenters. The normalized spacial score (nSPS) is 21.0. The minimum absolute atomic E-state index is 0.00393. The number of nitrogens with one attached hydrogen (secondary N) is 2. The van der Waals surface area contributed by atoms with E-state index in [4.69, 9.17) is 18.9 Å². The fraction of sp³-hybridized carbons (Fsp3) is 0.400. The molecular formula is C25H27N5O6. The number of guanidine groups is 1. The van der Waals surface area contributed by atoms with Gasteiger partial charge in [-0.15, -0.1) is 0 Å². The van der Waals surface area contributed by atoms with E-state index in [1.807, 2.05) is 17.0 Å². The van der Waals surface area contributed by atoms with Gasteiger partial charge < -0.3 is 29.2 Å². The van der Waals surface area contributed by atoms with Crippen LogP contribution in [-0.2, 0) is 16.1 Å². The van der Waals surface area contributed by atoms with E-state index in [1.165, 1.54) is 0 Å². The number of nitrogens with zero attached hydrogens (tertiary/aromatic N) is 3. The minimum Gasteiger partial charge on any atom is -0.486 e. The molecule has 188 valence electrons. The van der Waals surface area contributed by atoms with Crippen molar-refractivity contribution in [3.63, 3.8) is 0 Å². The molecule has 6 rings (SSSR count). The topological polar surface area (TPSA) is 114 Å². The number of rotatable bonds is 4. The minimum atomic E-state index is -0.798. The third-order valence-electron chi connectivity index (χ3n) is 6.54. The smallest absolute Gasteiger partial charge is 0.249 e. The van der Waals surface area contributed by atoms with Gasteiger partial charge in [0.15, 0.2) is 23.0 Å². The molecule has 2 aromatic rings. The standard InChI is InChI=1S/C25H27N5O6/c31-23-13-18(24(32)26-17-2-4-19-22(12-17)34-10-9-33-19)27-25(28-23)30-7-5-29(6-8-30)14-16-1-3-20-21(11-16)36-15-35-20/h1-4,11-12,18H,5-10,13-15H2,(H,26,32)(H,27,28,31)/t18-/m0/s1. The van der Waals surface area contributed by atoms with Gasteiger partial charge in [-0.05, 0) is 29.8 Å². The lowest BCUT2D eigenvalue weighted by molar-refractivity contribution is -0.125. The van der Waals surface area contributed by atoms with Crippen molar-refractivity contribution < 1.29 is 28.5 Å². The molecule has 11 nitrogen and oxygen atoms in total. The summed E-state index contributed by atoms with van der Waals surface area (Å²) in [7, 11) is 0. The molecule has 0 aromatic heterocycles. The average molecular weight is 494 g/mol. The molecule has 1 fully saturated rings. The van der Waals surface area contributed by atoms with Crippen molar-refractivity contribution in [2.45, 2.75) is 19.0 Å². The Hall–Kier alpha value is -3.99. The number of fused-ring (bicyclic) bond motifs is 2. The largest absolute Gasteiger partial charge is 0.486 e. The Bertz CT molecular complexity index is 1210. The Morgan fingerprint density at radius 2 is 1.67 bits per heavy atom. The van der Waals surface area contributed by atoms with E-state index in [-0.39, 0.29) is 25.0 Å². The van der Waals surface area contributed by atoms with Crippen molar-refractivity contribution in [3.8, 4) is 23.0 Å². The van der Waals surface area contributed by atoms with Gasteiger partial charge in [-0.2, -0.15) is 0 Å². The van der Waals surface area contributed by atoms with Gasteiger partial charge in [-0.3, -0.25) is 19.8 Å². The number of carbonyl (C=O) groups is 2. The molecule has 0 spiro atoms. The van der Waals surface area contributed by atoms with Crippen molar-refractivity contribution in [2.24, 2.45) is 4.99 Å². The Kier molecular flexibility index (Phi) is 5.98. The predicted octanol–water partition coefficient (Wildman–Crippen LogP) is 1.19. The van der Waals surface area contributed by atoms with Gasteiger partial charge in [0, 0.05) is 44.5 Å². The quantitative estimate of drug-likeness (QED) is 0.653. The molecule has 1 saturated heterocycles. The van der Waals surface area contributed by atoms with E-state index in [0.29, 0.717) is 49.4 Å². The molecule has 2 N–H and O–H groups in total. The van der Waals surface area contributed by atoms with Crippen LogP contribution in [0.15, 0.2) is 41.4 Å². The molecule has 0 radical (unpaired) electrons. The number of amides is 2. The summed E-state index contributed by atoms with van der Waals surface area (Å²) >= 11 is 0. The monoisotopic (exact) mass is 493 g/mol. The lowest BCUT2D eigenvalue weighted by Crippen LogP contribution is -2.56. The zero-order chi connectivity index (χ0) is 24.5. The second kappa shape index (κ2) is 9.57. The van der Waals surface area contributed by atoms with Crippen LogP contribution in [0.1, 0.15) is 12.0 Å². The number of piperazine rings is 1. The number of ether oxygens (including phenoxy) is 4. The van der Waals surface area contributed by atoms with Crippen molar-refractivity contribution in [2.75, 3.05) is 51.5 Å². The van der Waals surface area contributed by atoms with Crippen molar-refractivity contribution in [1.29, 1.82) is 0 Å². The maximum Gasteiger partial charge on any atom is 0.249 e. The van der Waals surface area contributed by atoms with Gasteiger partial charge in [-0.25, -0.2) is 4.99 Å². The van der Waals surface area contributed by atoms with Crippen molar-refractivity contribution >= 4 is 23.5 Å². The van der Waals surface area contributed by atoms with E-state index < -0.39 is 6.04 Å². The van der Waals surface area contributed by atoms with Gasteiger partial charge >= 0.3 is 0 Å². The van der Waals surface area contributed by atoms with E-state index in [0.717, 1.165) is 36.7 Å². The molecule has 0 aliphatic carbocycles. The highest BCUT2D eigenvalue weighted by Crippen LogP contribution is 2.33. The number of benzene rings is 2. The molecule has 0 bridgehead atoms. The highest BCUT2D eigenvalue weighted by atomic mass is 16.7. The van der Waals surface area contributed by atoms with E-state index in [2.05, 4.69) is 26.6 Å². The van der Waals surface area contributed by atoms with E-state index in [9.17, 15) is 9.59 Å². The summed E-state index contributed by atoms with van der Waals surface area (Å²) in [5, 5.41) is 5.69. The first-order valence-electron chi connectivity index (χ1n) is 12.0. The van der Waals surface area contributed by atoms with Crippen LogP contribution in [-0.4, -0.2) is 79.8 Å². The van der Waals surface area contributed by atoms with Crippen LogP contribution in [0.5, 0.6) is 23.0 Å². The lowest BCUT2D eigenvalue weighted by Gasteiger charge is -2.37. The highest BCUT2D eigenvalue weighted by Gasteiger charge is 2.31. The van der Waals surface area contributed by atoms with Crippen LogP contribution in [0.3, 0.4) is 0 Å². The van der Waals surface area contributed by atoms with Crippen molar-refractivity contribution in [1.82, 2.24) is 15.1 Å². The lowest BCUT2D eigenvalue weighted by atomic mass is 10.1. The SMILES string of the molecule is O=C1C[C@@H](C(=O)Nc2ccc3c(c2)OCCO3)N=C(N2CCN(Cc3ccc4c(c3)OCO4)CC2)N1. The van der Waals surface area contributed by atoms with Crippen LogP contribution in [0.25, 0.3) is 0 Å². The molecule has 0 unspecified atom stereocenters. The third-order valence-corrected chi connectivity index (χ3v) is 6.54. The number of aliphatic imine (C=N–C) groups is 1. The summed E-state index contributed by atoms with van der Waals surface area (Å²) in [5.41, 5.74) is 1.73. The zero-order valence-corrected chi connectivity index (χ0v) is 19.7. The molecular weight excluding hydrogens is 466 g/mol. The van der Waals surface area contributed by atoms with Crippen LogP contribution in [0.2, 0.25) is 0 Å². The summed E-state index contributed by atoms with van der Waals surface area (Å²) < 4.78 is 22.0. The summed E-state index contributed by atoms with van der Waals surface area (Å²) in [6, 6.07) is 10.4. The Morgan fingerprint density at radius 1 is 0.944 bits per heavy atom. The fourth-order valence-electron chi connectivity index (χ4n) is 4.65. The Labute approximate surface area is 208 Å². The number of hydrogen-bond donors (Lipinski definition) is 2. The number of hydrogen-bond acceptors (Lipinski definition) is 9. The molecule has 2 aromatic carbocycles. The van der Waals surface area contributed by atoms with Gasteiger partial charge in [-0.1, -0.05) is 6.07 Å². The molecule has 2 amide bonds. The maximum atomic E-state index is 12.9. The molecule has 4 aliphatic heterocycles. The Morgan fingerprint density at radius 3 is 2.53 bits per heavy atom. The molecule has 11 heteroatoms. The predicted molar refractivity (Wildman–Crippen MR) is 129 cm³/mol. The zero-order valence-electron chi connectivity index (χ0n) is 19.7. The van der Waals surface area contributed by atoms with E-state index in [1.54, 1.807) is 18.2 Å². The first-order chi connectivity index (χ1) is 17.6. The second-order valence-electron chi connectivity index (χ2n) is 9.02. The fourth-order valence-corrected chi connectivity index (χ4v) is 4.65. The molecule has 36 heavy (non-hydrogen) atoms. The number of carbonyl (C=O) groups excluding carboxylic acids is 2. The van der Waals surface area contributed by atoms with Crippen LogP contribution in [0.4, 0.5) is 5.69 Å². The summed E-state index contributed by atoms with van der Waals surface area (Å²) in [6.45, 7) is 5.02. The van der Waals surface area contributed by atoms with Crippen LogP contribution < -0.4 is 29.6 Å². The average Bonchev–Trinajstić information content (AvgIpc) is 3.37. The highest BCUT2D eigenvalue weighted by molar-refractivity contribution is 6.06. The summed E-state index contributed by atoms with van der Waals surface area (Å²) in [6.07, 6.45) is 0.00393. The van der Waals surface area contributed by atoms with Gasteiger partial charge in [0.25, 0.3) is 0 Å². The summed E-state index contributed by atoms with van der Waals surface area (Å²) in [5.74, 6) is 2.70. The first kappa shape index (κ1) is 22.5. The molecule has 0 saturated carbocycles. The summed E-state index contributed by atoms with van der Waals surface area (Å²) in [4.78, 5) is 34.3. The van der Waals surface area contributed by atoms with E-state index >= 15 is 0 Å². The van der Waals surface area contributed by atoms with Crippen LogP contribution in [0, 0.1) is 0 Å². The Balaban J connectivity index is 1.06. The number of anilines is 1. The first-order valence-corrected chi connectivity index (χ1v) is 12.0. The third kappa shape index (κ3) is 4.74. The maximum absolute atomic E-state index is 12.9. The molecule has 4 aliphatic rings. The van der Waals surface area contributed by atoms with Gasteiger partial charge in [0.1, 0.15) is 19.3 Å². The van der Waals surface area contributed by atoms with Crippen molar-refractivity contribution in [3.05, 3.63) is 42.0 Å². The second-order valence-corrected chi connectivity index (χ2v) is 9.02.